The van der Waals surface area contributed by atoms with E-state index in [0.717, 1.165) is 16.8 Å². The van der Waals surface area contributed by atoms with E-state index in [-0.39, 0.29) is 12.1 Å². The maximum Gasteiger partial charge on any atom is 0.240 e. The molecule has 4 N–H and O–H groups in total. The Morgan fingerprint density at radius 3 is 2.54 bits per heavy atom. The highest BCUT2D eigenvalue weighted by Crippen LogP contribution is 2.29. The summed E-state index contributed by atoms with van der Waals surface area (Å²) in [4.78, 5) is 8.90. The summed E-state index contributed by atoms with van der Waals surface area (Å²) in [5.74, 6) is 0.456. The van der Waals surface area contributed by atoms with E-state index < -0.39 is 9.92 Å². The minimum atomic E-state index is -3.10. The fourth-order valence-corrected chi connectivity index (χ4v) is 4.50. The smallest absolute Gasteiger partial charge is 0.240 e. The third kappa shape index (κ3) is 3.64. The molecule has 1 aliphatic rings. The zero-order valence-electron chi connectivity index (χ0n) is 15.3. The molecule has 0 amide bonds. The lowest BCUT2D eigenvalue weighted by molar-refractivity contribution is 0.0715. The number of ether oxygens (including phenoxy) is 1. The molecule has 8 nitrogen and oxygen atoms in total. The van der Waals surface area contributed by atoms with Crippen molar-refractivity contribution in [1.29, 1.82) is 4.78 Å². The van der Waals surface area contributed by atoms with E-state index in [0.29, 0.717) is 29.1 Å². The molecule has 1 fully saturated rings. The lowest BCUT2D eigenvalue weighted by Gasteiger charge is -2.32. The number of aliphatic hydroxyl groups excluding tert-OH is 1. The zero-order valence-corrected chi connectivity index (χ0v) is 16.1. The second-order valence-electron chi connectivity index (χ2n) is 6.72. The van der Waals surface area contributed by atoms with Crippen LogP contribution in [0, 0.1) is 4.78 Å². The number of methoxy groups -OCH3 is 1. The van der Waals surface area contributed by atoms with Gasteiger partial charge in [0.15, 0.2) is 0 Å². The highest BCUT2D eigenvalue weighted by atomic mass is 32.2. The van der Waals surface area contributed by atoms with Crippen LogP contribution in [-0.2, 0) is 9.92 Å². The van der Waals surface area contributed by atoms with Crippen molar-refractivity contribution in [3.8, 4) is 5.88 Å². The molecule has 0 aliphatic heterocycles. The van der Waals surface area contributed by atoms with Crippen LogP contribution in [0.5, 0.6) is 5.88 Å². The monoisotopic (exact) mass is 399 g/mol. The molecule has 1 unspecified atom stereocenters. The first-order valence-electron chi connectivity index (χ1n) is 8.85. The van der Waals surface area contributed by atoms with Crippen molar-refractivity contribution in [1.82, 2.24) is 14.7 Å². The fraction of sp³-hybridized carbons (Fsp3) is 0.263. The molecular formula is C19H21N5O3S. The van der Waals surface area contributed by atoms with Crippen LogP contribution in [0.4, 0.5) is 11.4 Å². The number of rotatable bonds is 6. The standard InChI is InChI=1S/C19H21N5O3S/c1-27-19-18-16(6-8-22-19)17(7-9-21-18)23-12-2-4-15(5-3-12)28(20,26)24-13-10-14(25)11-13/h2-9,13-14,25H,10-11H2,1H3,(H,21,23)(H2,20,24,26). The molecule has 9 heteroatoms. The molecule has 3 aromatic rings. The Labute approximate surface area is 163 Å². The molecule has 4 rings (SSSR count). The summed E-state index contributed by atoms with van der Waals surface area (Å²) in [6.45, 7) is 0. The summed E-state index contributed by atoms with van der Waals surface area (Å²) >= 11 is 0. The number of hydrogen-bond acceptors (Lipinski definition) is 7. The molecule has 0 radical (unpaired) electrons. The van der Waals surface area contributed by atoms with E-state index in [9.17, 15) is 9.32 Å². The normalized spacial score (nSPS) is 20.9. The van der Waals surface area contributed by atoms with E-state index in [1.54, 1.807) is 43.8 Å². The Bertz CT molecular complexity index is 1100. The van der Waals surface area contributed by atoms with Crippen molar-refractivity contribution in [3.63, 3.8) is 0 Å². The van der Waals surface area contributed by atoms with Crippen LogP contribution in [0.1, 0.15) is 12.8 Å². The zero-order chi connectivity index (χ0) is 19.7. The van der Waals surface area contributed by atoms with Crippen LogP contribution in [0.3, 0.4) is 0 Å². The molecule has 0 spiro atoms. The van der Waals surface area contributed by atoms with Gasteiger partial charge >= 0.3 is 0 Å². The van der Waals surface area contributed by atoms with Crippen molar-refractivity contribution in [3.05, 3.63) is 48.8 Å². The number of anilines is 2. The van der Waals surface area contributed by atoms with Gasteiger partial charge in [-0.3, -0.25) is 4.98 Å². The maximum atomic E-state index is 12.6. The quantitative estimate of drug-likeness (QED) is 0.506. The molecule has 28 heavy (non-hydrogen) atoms. The van der Waals surface area contributed by atoms with Crippen LogP contribution in [-0.4, -0.2) is 38.5 Å². The molecule has 1 saturated carbocycles. The summed E-state index contributed by atoms with van der Waals surface area (Å²) < 4.78 is 28.9. The van der Waals surface area contributed by atoms with Crippen molar-refractivity contribution in [2.75, 3.05) is 12.4 Å². The first-order chi connectivity index (χ1) is 13.5. The number of fused-ring (bicyclic) bond motifs is 1. The SMILES string of the molecule is COc1nccc2c(Nc3ccc(S(=N)(=O)NC4CC(O)C4)cc3)ccnc12. The van der Waals surface area contributed by atoms with Crippen LogP contribution in [0.2, 0.25) is 0 Å². The molecule has 1 atom stereocenters. The Hall–Kier alpha value is -2.75. The lowest BCUT2D eigenvalue weighted by atomic mass is 9.91. The maximum absolute atomic E-state index is 12.6. The van der Waals surface area contributed by atoms with E-state index >= 15 is 0 Å². The molecular weight excluding hydrogens is 378 g/mol. The number of hydrogen-bond donors (Lipinski definition) is 4. The molecule has 0 saturated heterocycles. The van der Waals surface area contributed by atoms with Gasteiger partial charge in [-0.05, 0) is 49.2 Å². The predicted molar refractivity (Wildman–Crippen MR) is 107 cm³/mol. The third-order valence-corrected chi connectivity index (χ3v) is 6.33. The van der Waals surface area contributed by atoms with Gasteiger partial charge in [0.1, 0.15) is 15.4 Å². The summed E-state index contributed by atoms with van der Waals surface area (Å²) in [5, 5.41) is 13.5. The first-order valence-corrected chi connectivity index (χ1v) is 10.4. The van der Waals surface area contributed by atoms with Gasteiger partial charge in [-0.2, -0.15) is 0 Å². The minimum absolute atomic E-state index is 0.0791. The van der Waals surface area contributed by atoms with Crippen LogP contribution in [0.25, 0.3) is 10.9 Å². The van der Waals surface area contributed by atoms with Gasteiger partial charge in [-0.15, -0.1) is 0 Å². The van der Waals surface area contributed by atoms with E-state index in [4.69, 9.17) is 9.52 Å². The van der Waals surface area contributed by atoms with Crippen LogP contribution in [0.15, 0.2) is 53.7 Å². The van der Waals surface area contributed by atoms with E-state index in [1.165, 1.54) is 0 Å². The Morgan fingerprint density at radius 1 is 1.14 bits per heavy atom. The van der Waals surface area contributed by atoms with E-state index in [2.05, 4.69) is 20.0 Å². The second kappa shape index (κ2) is 7.34. The van der Waals surface area contributed by atoms with Gasteiger partial charge in [0.25, 0.3) is 0 Å². The summed E-state index contributed by atoms with van der Waals surface area (Å²) in [7, 11) is -1.55. The average molecular weight is 399 g/mol. The van der Waals surface area contributed by atoms with Crippen LogP contribution >= 0.6 is 0 Å². The van der Waals surface area contributed by atoms with Gasteiger partial charge < -0.3 is 15.2 Å². The molecule has 0 bridgehead atoms. The lowest BCUT2D eigenvalue weighted by Crippen LogP contribution is -2.46. The molecule has 1 aromatic carbocycles. The second-order valence-corrected chi connectivity index (χ2v) is 8.54. The number of nitrogens with zero attached hydrogens (tertiary/aromatic N) is 2. The molecule has 146 valence electrons. The van der Waals surface area contributed by atoms with Crippen molar-refractivity contribution >= 4 is 32.2 Å². The summed E-state index contributed by atoms with van der Waals surface area (Å²) in [5.41, 5.74) is 2.29. The highest BCUT2D eigenvalue weighted by molar-refractivity contribution is 7.90. The van der Waals surface area contributed by atoms with Crippen LogP contribution < -0.4 is 14.8 Å². The van der Waals surface area contributed by atoms with Gasteiger partial charge in [0.05, 0.1) is 18.1 Å². The first kappa shape index (κ1) is 18.6. The van der Waals surface area contributed by atoms with Gasteiger partial charge in [0, 0.05) is 35.2 Å². The Kier molecular flexibility index (Phi) is 4.88. The topological polar surface area (TPSA) is 120 Å². The predicted octanol–water partition coefficient (Wildman–Crippen LogP) is 2.82. The molecule has 2 heterocycles. The minimum Gasteiger partial charge on any atom is -0.479 e. The van der Waals surface area contributed by atoms with Crippen molar-refractivity contribution < 1.29 is 14.1 Å². The molecule has 2 aromatic heterocycles. The van der Waals surface area contributed by atoms with Gasteiger partial charge in [0.2, 0.25) is 5.88 Å². The third-order valence-electron chi connectivity index (χ3n) is 4.73. The summed E-state index contributed by atoms with van der Waals surface area (Å²) in [6.07, 6.45) is 4.04. The van der Waals surface area contributed by atoms with Gasteiger partial charge in [-0.1, -0.05) is 0 Å². The largest absolute Gasteiger partial charge is 0.479 e. The van der Waals surface area contributed by atoms with Gasteiger partial charge in [-0.25, -0.2) is 18.7 Å². The number of nitrogens with one attached hydrogen (secondary N) is 3. The highest BCUT2D eigenvalue weighted by Gasteiger charge is 2.29. The average Bonchev–Trinajstić information content (AvgIpc) is 2.67. The number of benzene rings is 1. The number of aliphatic hydroxyl groups is 1. The van der Waals surface area contributed by atoms with E-state index in [1.807, 2.05) is 12.1 Å². The Balaban J connectivity index is 1.55. The Morgan fingerprint density at radius 2 is 1.86 bits per heavy atom. The number of pyridine rings is 2. The van der Waals surface area contributed by atoms with Crippen molar-refractivity contribution in [2.45, 2.75) is 29.9 Å². The van der Waals surface area contributed by atoms with Crippen molar-refractivity contribution in [2.24, 2.45) is 0 Å². The molecule has 1 aliphatic carbocycles. The summed E-state index contributed by atoms with van der Waals surface area (Å²) in [6, 6.07) is 10.5. The fourth-order valence-electron chi connectivity index (χ4n) is 3.18. The number of aromatic nitrogens is 2.